The van der Waals surface area contributed by atoms with Gasteiger partial charge in [-0.2, -0.15) is 0 Å². The summed E-state index contributed by atoms with van der Waals surface area (Å²) in [4.78, 5) is 19.4. The van der Waals surface area contributed by atoms with Crippen molar-refractivity contribution in [2.24, 2.45) is 0 Å². The smallest absolute Gasteiger partial charge is 0.273 e. The molecule has 0 unspecified atom stereocenters. The van der Waals surface area contributed by atoms with E-state index in [4.69, 9.17) is 4.52 Å². The Morgan fingerprint density at radius 1 is 1.40 bits per heavy atom. The third-order valence-electron chi connectivity index (χ3n) is 2.95. The molecular weight excluding hydrogens is 256 g/mol. The molecular formula is C14H14N4O2. The topological polar surface area (TPSA) is 83.8 Å². The molecule has 0 aliphatic rings. The molecule has 0 radical (unpaired) electrons. The number of aryl methyl sites for hydroxylation is 1. The number of aromatic amines is 1. The summed E-state index contributed by atoms with van der Waals surface area (Å²) in [5, 5.41) is 6.45. The zero-order valence-corrected chi connectivity index (χ0v) is 11.0. The van der Waals surface area contributed by atoms with Crippen molar-refractivity contribution in [2.75, 3.05) is 6.54 Å². The fourth-order valence-corrected chi connectivity index (χ4v) is 1.98. The summed E-state index contributed by atoms with van der Waals surface area (Å²) >= 11 is 0. The second kappa shape index (κ2) is 5.16. The van der Waals surface area contributed by atoms with Gasteiger partial charge in [-0.3, -0.25) is 4.79 Å². The molecule has 0 aliphatic carbocycles. The predicted molar refractivity (Wildman–Crippen MR) is 73.4 cm³/mol. The number of hydrogen-bond acceptors (Lipinski definition) is 4. The van der Waals surface area contributed by atoms with Gasteiger partial charge < -0.3 is 14.8 Å². The average Bonchev–Trinajstić information content (AvgIpc) is 3.04. The molecule has 20 heavy (non-hydrogen) atoms. The Bertz CT molecular complexity index is 711. The van der Waals surface area contributed by atoms with Gasteiger partial charge in [-0.15, -0.1) is 0 Å². The van der Waals surface area contributed by atoms with E-state index in [2.05, 4.69) is 20.4 Å². The van der Waals surface area contributed by atoms with Crippen LogP contribution in [0.2, 0.25) is 0 Å². The summed E-state index contributed by atoms with van der Waals surface area (Å²) in [5.41, 5.74) is 2.23. The van der Waals surface area contributed by atoms with Gasteiger partial charge in [-0.05, 0) is 19.1 Å². The highest BCUT2D eigenvalue weighted by atomic mass is 16.5. The molecule has 0 saturated carbocycles. The molecule has 0 saturated heterocycles. The zero-order chi connectivity index (χ0) is 13.9. The fourth-order valence-electron chi connectivity index (χ4n) is 1.98. The number of hydrogen-bond donors (Lipinski definition) is 2. The summed E-state index contributed by atoms with van der Waals surface area (Å²) < 4.78 is 4.86. The van der Waals surface area contributed by atoms with Crippen molar-refractivity contribution in [3.63, 3.8) is 0 Å². The molecule has 102 valence electrons. The van der Waals surface area contributed by atoms with Crippen molar-refractivity contribution in [1.82, 2.24) is 20.4 Å². The minimum atomic E-state index is -0.238. The first kappa shape index (κ1) is 12.4. The molecule has 3 rings (SSSR count). The number of imidazole rings is 1. The summed E-state index contributed by atoms with van der Waals surface area (Å²) in [5.74, 6) is 1.23. The normalized spacial score (nSPS) is 10.8. The molecule has 0 fully saturated rings. The van der Waals surface area contributed by atoms with Crippen LogP contribution in [0, 0.1) is 6.92 Å². The molecule has 6 nitrogen and oxygen atoms in total. The van der Waals surface area contributed by atoms with E-state index in [0.717, 1.165) is 16.9 Å². The molecule has 0 aliphatic heterocycles. The molecule has 1 aromatic carbocycles. The van der Waals surface area contributed by atoms with Crippen LogP contribution in [0.15, 0.2) is 34.9 Å². The van der Waals surface area contributed by atoms with Gasteiger partial charge in [0.25, 0.3) is 5.91 Å². The van der Waals surface area contributed by atoms with Gasteiger partial charge in [0.15, 0.2) is 5.69 Å². The molecule has 2 heterocycles. The summed E-state index contributed by atoms with van der Waals surface area (Å²) in [6.45, 7) is 2.24. The lowest BCUT2D eigenvalue weighted by Gasteiger charge is -2.00. The molecule has 0 spiro atoms. The molecule has 6 heteroatoms. The lowest BCUT2D eigenvalue weighted by atomic mass is 10.3. The first-order chi connectivity index (χ1) is 9.72. The van der Waals surface area contributed by atoms with E-state index in [-0.39, 0.29) is 5.91 Å². The Morgan fingerprint density at radius 3 is 3.00 bits per heavy atom. The molecule has 3 aromatic rings. The van der Waals surface area contributed by atoms with Gasteiger partial charge >= 0.3 is 0 Å². The van der Waals surface area contributed by atoms with E-state index in [0.29, 0.717) is 24.4 Å². The van der Waals surface area contributed by atoms with E-state index < -0.39 is 0 Å². The standard InChI is InChI=1S/C14H14N4O2/c1-9-8-12(18-20-9)14(19)15-7-6-13-16-10-4-2-3-5-11(10)17-13/h2-5,8H,6-7H2,1H3,(H,15,19)(H,16,17). The monoisotopic (exact) mass is 270 g/mol. The van der Waals surface area contributed by atoms with E-state index in [9.17, 15) is 4.79 Å². The number of aromatic nitrogens is 3. The molecule has 0 bridgehead atoms. The van der Waals surface area contributed by atoms with Crippen LogP contribution in [-0.4, -0.2) is 27.6 Å². The number of carbonyl (C=O) groups excluding carboxylic acids is 1. The number of carbonyl (C=O) groups is 1. The SMILES string of the molecule is Cc1cc(C(=O)NCCc2nc3ccccc3[nH]2)no1. The van der Waals surface area contributed by atoms with Crippen LogP contribution < -0.4 is 5.32 Å². The predicted octanol–water partition coefficient (Wildman–Crippen LogP) is 1.83. The Kier molecular flexibility index (Phi) is 3.20. The molecule has 2 N–H and O–H groups in total. The minimum absolute atomic E-state index is 0.238. The molecule has 1 amide bonds. The van der Waals surface area contributed by atoms with Crippen LogP contribution in [0.4, 0.5) is 0 Å². The van der Waals surface area contributed by atoms with Gasteiger partial charge in [0, 0.05) is 19.0 Å². The number of fused-ring (bicyclic) bond motifs is 1. The van der Waals surface area contributed by atoms with Gasteiger partial charge in [-0.25, -0.2) is 4.98 Å². The number of nitrogens with zero attached hydrogens (tertiary/aromatic N) is 2. The molecule has 0 atom stereocenters. The molecule has 2 aromatic heterocycles. The van der Waals surface area contributed by atoms with Crippen molar-refractivity contribution in [3.05, 3.63) is 47.6 Å². The number of para-hydroxylation sites is 2. The highest BCUT2D eigenvalue weighted by Gasteiger charge is 2.10. The summed E-state index contributed by atoms with van der Waals surface area (Å²) in [6.07, 6.45) is 0.636. The van der Waals surface area contributed by atoms with Crippen LogP contribution >= 0.6 is 0 Å². The van der Waals surface area contributed by atoms with Gasteiger partial charge in [0.2, 0.25) is 0 Å². The third kappa shape index (κ3) is 2.54. The maximum atomic E-state index is 11.8. The van der Waals surface area contributed by atoms with Crippen LogP contribution in [0.5, 0.6) is 0 Å². The first-order valence-electron chi connectivity index (χ1n) is 6.37. The van der Waals surface area contributed by atoms with Crippen molar-refractivity contribution in [2.45, 2.75) is 13.3 Å². The maximum Gasteiger partial charge on any atom is 0.273 e. The Balaban J connectivity index is 1.58. The summed E-state index contributed by atoms with van der Waals surface area (Å²) in [6, 6.07) is 9.44. The highest BCUT2D eigenvalue weighted by Crippen LogP contribution is 2.10. The first-order valence-corrected chi connectivity index (χ1v) is 6.37. The average molecular weight is 270 g/mol. The van der Waals surface area contributed by atoms with Crippen LogP contribution in [0.1, 0.15) is 22.1 Å². The lowest BCUT2D eigenvalue weighted by molar-refractivity contribution is 0.0945. The van der Waals surface area contributed by atoms with E-state index in [1.54, 1.807) is 13.0 Å². The summed E-state index contributed by atoms with van der Waals surface area (Å²) in [7, 11) is 0. The maximum absolute atomic E-state index is 11.8. The van der Waals surface area contributed by atoms with E-state index in [1.165, 1.54) is 0 Å². The lowest BCUT2D eigenvalue weighted by Crippen LogP contribution is -2.26. The number of amides is 1. The van der Waals surface area contributed by atoms with Gasteiger partial charge in [0.1, 0.15) is 11.6 Å². The number of rotatable bonds is 4. The highest BCUT2D eigenvalue weighted by molar-refractivity contribution is 5.92. The van der Waals surface area contributed by atoms with E-state index >= 15 is 0 Å². The fraction of sp³-hybridized carbons (Fsp3) is 0.214. The van der Waals surface area contributed by atoms with Crippen LogP contribution in [0.3, 0.4) is 0 Å². The van der Waals surface area contributed by atoms with Crippen molar-refractivity contribution in [3.8, 4) is 0 Å². The van der Waals surface area contributed by atoms with Crippen molar-refractivity contribution in [1.29, 1.82) is 0 Å². The van der Waals surface area contributed by atoms with Crippen molar-refractivity contribution >= 4 is 16.9 Å². The van der Waals surface area contributed by atoms with Crippen molar-refractivity contribution < 1.29 is 9.32 Å². The Morgan fingerprint density at radius 2 is 2.25 bits per heavy atom. The Labute approximate surface area is 115 Å². The minimum Gasteiger partial charge on any atom is -0.361 e. The second-order valence-corrected chi connectivity index (χ2v) is 4.53. The van der Waals surface area contributed by atoms with Gasteiger partial charge in [0.05, 0.1) is 11.0 Å². The number of nitrogens with one attached hydrogen (secondary N) is 2. The Hall–Kier alpha value is -2.63. The zero-order valence-electron chi connectivity index (χ0n) is 11.0. The van der Waals surface area contributed by atoms with Crippen LogP contribution in [0.25, 0.3) is 11.0 Å². The second-order valence-electron chi connectivity index (χ2n) is 4.53. The third-order valence-corrected chi connectivity index (χ3v) is 2.95. The quantitative estimate of drug-likeness (QED) is 0.757. The van der Waals surface area contributed by atoms with E-state index in [1.807, 2.05) is 24.3 Å². The van der Waals surface area contributed by atoms with Gasteiger partial charge in [-0.1, -0.05) is 17.3 Å². The van der Waals surface area contributed by atoms with Crippen LogP contribution in [-0.2, 0) is 6.42 Å². The largest absolute Gasteiger partial charge is 0.361 e. The number of H-pyrrole nitrogens is 1. The number of benzene rings is 1.